The Morgan fingerprint density at radius 3 is 2.42 bits per heavy atom. The highest BCUT2D eigenvalue weighted by atomic mass is 15.0. The van der Waals surface area contributed by atoms with Gasteiger partial charge in [0.05, 0.1) is 0 Å². The minimum Gasteiger partial charge on any atom is -0.388 e. The van der Waals surface area contributed by atoms with Gasteiger partial charge in [0.15, 0.2) is 0 Å². The topological polar surface area (TPSA) is 41.7 Å². The van der Waals surface area contributed by atoms with Gasteiger partial charge in [-0.15, -0.1) is 0 Å². The van der Waals surface area contributed by atoms with Crippen molar-refractivity contribution in [1.29, 1.82) is 0 Å². The van der Waals surface area contributed by atoms with Gasteiger partial charge in [-0.1, -0.05) is 108 Å². The lowest BCUT2D eigenvalue weighted by Gasteiger charge is -2.19. The quantitative estimate of drug-likeness (QED) is 0.197. The number of nitrogens with zero attached hydrogens (tertiary/aromatic N) is 3. The fourth-order valence-corrected chi connectivity index (χ4v) is 4.76. The van der Waals surface area contributed by atoms with E-state index in [-0.39, 0.29) is 0 Å². The minimum absolute atomic E-state index is 0.822. The van der Waals surface area contributed by atoms with Crippen molar-refractivity contribution in [3.8, 4) is 0 Å². The smallest absolute Gasteiger partial charge is 0.0486 e. The van der Waals surface area contributed by atoms with Crippen molar-refractivity contribution in [2.45, 2.75) is 74.3 Å². The average Bonchev–Trinajstić information content (AvgIpc) is 3.41. The monoisotopic (exact) mass is 578 g/mol. The van der Waals surface area contributed by atoms with Gasteiger partial charge >= 0.3 is 0 Å². The van der Waals surface area contributed by atoms with Crippen LogP contribution in [0.3, 0.4) is 0 Å². The van der Waals surface area contributed by atoms with Crippen LogP contribution in [0.1, 0.15) is 73.3 Å². The first-order valence-electron chi connectivity index (χ1n) is 15.7. The second-order valence-electron chi connectivity index (χ2n) is 9.46. The molecule has 0 radical (unpaired) electrons. The summed E-state index contributed by atoms with van der Waals surface area (Å²) in [6.45, 7) is 23.8. The highest BCUT2D eigenvalue weighted by Gasteiger charge is 2.19. The van der Waals surface area contributed by atoms with Crippen LogP contribution in [0.2, 0.25) is 0 Å². The van der Waals surface area contributed by atoms with Crippen LogP contribution in [0.25, 0.3) is 16.5 Å². The van der Waals surface area contributed by atoms with Crippen LogP contribution >= 0.6 is 0 Å². The van der Waals surface area contributed by atoms with Crippen LogP contribution in [0.5, 0.6) is 0 Å². The normalized spacial score (nSPS) is 17.9. The molecule has 0 saturated heterocycles. The molecule has 3 rings (SSSR count). The van der Waals surface area contributed by atoms with Crippen LogP contribution in [0.15, 0.2) is 130 Å². The SMILES string of the molecule is C=C/C(=C(C(=C)NC)/C1=C/N=C\C=C\C=C\1C)c1cn(CCC(=CC)/C=C\C(CCC)=NC)c2ccccc12.CC.CC. The zero-order chi connectivity index (χ0) is 32.2. The van der Waals surface area contributed by atoms with Crippen LogP contribution in [0.4, 0.5) is 0 Å². The van der Waals surface area contributed by atoms with E-state index in [4.69, 9.17) is 0 Å². The number of nitrogens with one attached hydrogen (secondary N) is 1. The fraction of sp³-hybridized carbons (Fsp3) is 0.333. The van der Waals surface area contributed by atoms with E-state index in [1.54, 1.807) is 6.21 Å². The van der Waals surface area contributed by atoms with Crippen molar-refractivity contribution in [2.75, 3.05) is 14.1 Å². The van der Waals surface area contributed by atoms with Crippen molar-refractivity contribution in [3.05, 3.63) is 126 Å². The molecule has 1 aromatic carbocycles. The Morgan fingerprint density at radius 2 is 1.79 bits per heavy atom. The lowest BCUT2D eigenvalue weighted by Crippen LogP contribution is -2.11. The molecular formula is C39H54N4. The van der Waals surface area contributed by atoms with E-state index in [2.05, 4.69) is 109 Å². The summed E-state index contributed by atoms with van der Waals surface area (Å²) in [6.07, 6.45) is 23.5. The molecule has 4 nitrogen and oxygen atoms in total. The molecule has 0 bridgehead atoms. The van der Waals surface area contributed by atoms with Gasteiger partial charge in [-0.25, -0.2) is 0 Å². The van der Waals surface area contributed by atoms with E-state index < -0.39 is 0 Å². The van der Waals surface area contributed by atoms with E-state index in [1.165, 1.54) is 16.5 Å². The van der Waals surface area contributed by atoms with Crippen molar-refractivity contribution in [1.82, 2.24) is 9.88 Å². The molecule has 1 N–H and O–H groups in total. The Bertz CT molecular complexity index is 1450. The molecule has 0 spiro atoms. The molecule has 0 unspecified atom stereocenters. The standard InChI is InChI=1S/C35H42N4.2C2H6/c1-8-15-29(37-7)20-19-28(9-2)21-23-39-25-33(31-17-11-12-18-34(31)39)30(10-3)35(27(5)36-6)32-24-38-22-14-13-16-26(32)4;2*1-2/h9-14,16-20,22,24-25,36H,3,5,8,15,21,23H2,1-2,4,6-7H3;2*1-2H3/b14-13+,16-13?,20-19-,22-14?,26-16+,28-9?,32-24+,32-26?,35-30-,37-29?,38-22-,38-24?;;. The number of aromatic nitrogens is 1. The van der Waals surface area contributed by atoms with E-state index in [1.807, 2.05) is 66.2 Å². The van der Waals surface area contributed by atoms with E-state index in [0.29, 0.717) is 0 Å². The molecule has 0 fully saturated rings. The van der Waals surface area contributed by atoms with Gasteiger partial charge in [-0.3, -0.25) is 9.98 Å². The lowest BCUT2D eigenvalue weighted by atomic mass is 9.89. The number of aryl methyl sites for hydroxylation is 1. The number of hydrogen-bond acceptors (Lipinski definition) is 3. The molecule has 2 heterocycles. The van der Waals surface area contributed by atoms with Crippen molar-refractivity contribution in [2.24, 2.45) is 9.98 Å². The predicted molar refractivity (Wildman–Crippen MR) is 195 cm³/mol. The second kappa shape index (κ2) is 20.7. The van der Waals surface area contributed by atoms with Gasteiger partial charge in [-0.2, -0.15) is 0 Å². The van der Waals surface area contributed by atoms with Gasteiger partial charge in [0, 0.05) is 78.3 Å². The lowest BCUT2D eigenvalue weighted by molar-refractivity contribution is 0.724. The maximum atomic E-state index is 4.51. The molecule has 0 amide bonds. The number of likely N-dealkylation sites (N-methyl/N-ethyl adjacent to an activating group) is 1. The molecule has 4 heteroatoms. The Kier molecular flexibility index (Phi) is 17.7. The molecule has 0 saturated carbocycles. The molecule has 1 aromatic heterocycles. The third kappa shape index (κ3) is 10.2. The minimum atomic E-state index is 0.822. The Labute approximate surface area is 262 Å². The van der Waals surface area contributed by atoms with Crippen molar-refractivity contribution in [3.63, 3.8) is 0 Å². The summed E-state index contributed by atoms with van der Waals surface area (Å²) < 4.78 is 2.35. The number of allylic oxidation sites excluding steroid dienone is 11. The van der Waals surface area contributed by atoms with Crippen LogP contribution in [0, 0.1) is 0 Å². The molecule has 0 aliphatic carbocycles. The first-order chi connectivity index (χ1) is 21.0. The maximum Gasteiger partial charge on any atom is 0.0486 e. The summed E-state index contributed by atoms with van der Waals surface area (Å²) in [5, 5.41) is 4.46. The second-order valence-corrected chi connectivity index (χ2v) is 9.46. The van der Waals surface area contributed by atoms with E-state index >= 15 is 0 Å². The van der Waals surface area contributed by atoms with Gasteiger partial charge in [0.25, 0.3) is 0 Å². The molecule has 0 atom stereocenters. The number of hydrogen-bond donors (Lipinski definition) is 1. The van der Waals surface area contributed by atoms with Gasteiger partial charge in [-0.05, 0) is 56.1 Å². The molecular weight excluding hydrogens is 524 g/mol. The zero-order valence-electron chi connectivity index (χ0n) is 28.2. The fourth-order valence-electron chi connectivity index (χ4n) is 4.76. The number of aliphatic imine (C=N–C) groups is 2. The first-order valence-corrected chi connectivity index (χ1v) is 15.7. The molecule has 2 aromatic rings. The number of rotatable bonds is 12. The first kappa shape index (κ1) is 36.8. The van der Waals surface area contributed by atoms with E-state index in [9.17, 15) is 0 Å². The zero-order valence-corrected chi connectivity index (χ0v) is 28.2. The number of fused-ring (bicyclic) bond motifs is 1. The predicted octanol–water partition coefficient (Wildman–Crippen LogP) is 10.6. The highest BCUT2D eigenvalue weighted by molar-refractivity contribution is 5.98. The van der Waals surface area contributed by atoms with Gasteiger partial charge in [0.1, 0.15) is 0 Å². The van der Waals surface area contributed by atoms with Gasteiger partial charge < -0.3 is 9.88 Å². The molecule has 43 heavy (non-hydrogen) atoms. The summed E-state index contributed by atoms with van der Waals surface area (Å²) in [5.74, 6) is 0. The maximum absolute atomic E-state index is 4.51. The van der Waals surface area contributed by atoms with Crippen LogP contribution < -0.4 is 5.32 Å². The summed E-state index contributed by atoms with van der Waals surface area (Å²) in [7, 11) is 3.77. The number of benzene rings is 1. The Balaban J connectivity index is 0.00000221. The summed E-state index contributed by atoms with van der Waals surface area (Å²) in [6, 6.07) is 8.57. The summed E-state index contributed by atoms with van der Waals surface area (Å²) >= 11 is 0. The van der Waals surface area contributed by atoms with Crippen LogP contribution in [-0.2, 0) is 6.54 Å². The molecule has 1 aliphatic heterocycles. The Morgan fingerprint density at radius 1 is 1.07 bits per heavy atom. The third-order valence-corrected chi connectivity index (χ3v) is 6.98. The van der Waals surface area contributed by atoms with E-state index in [0.717, 1.165) is 65.1 Å². The number of para-hydroxylation sites is 1. The van der Waals surface area contributed by atoms with Gasteiger partial charge in [0.2, 0.25) is 0 Å². The highest BCUT2D eigenvalue weighted by Crippen LogP contribution is 2.37. The van der Waals surface area contributed by atoms with Crippen LogP contribution in [-0.4, -0.2) is 30.6 Å². The summed E-state index contributed by atoms with van der Waals surface area (Å²) in [5.41, 5.74) is 9.73. The molecule has 230 valence electrons. The molecule has 1 aliphatic rings. The largest absolute Gasteiger partial charge is 0.388 e. The Hall–Kier alpha value is -4.18. The van der Waals surface area contributed by atoms with Crippen molar-refractivity contribution >= 4 is 28.4 Å². The average molecular weight is 579 g/mol. The third-order valence-electron chi connectivity index (χ3n) is 6.98. The summed E-state index contributed by atoms with van der Waals surface area (Å²) in [4.78, 5) is 8.92. The van der Waals surface area contributed by atoms with Crippen molar-refractivity contribution < 1.29 is 0 Å².